The number of ether oxygens (including phenoxy) is 2. The monoisotopic (exact) mass is 373 g/mol. The fraction of sp³-hybridized carbons (Fsp3) is 0.263. The van der Waals surface area contributed by atoms with Crippen LogP contribution in [0.1, 0.15) is 23.7 Å². The van der Waals surface area contributed by atoms with Gasteiger partial charge in [-0.1, -0.05) is 58.4 Å². The molecule has 0 spiro atoms. The minimum Gasteiger partial charge on any atom is -0.469 e. The summed E-state index contributed by atoms with van der Waals surface area (Å²) in [7, 11) is 0. The van der Waals surface area contributed by atoms with Crippen LogP contribution in [0, 0.1) is 0 Å². The Kier molecular flexibility index (Phi) is 5.36. The van der Waals surface area contributed by atoms with Gasteiger partial charge in [-0.3, -0.25) is 0 Å². The number of nitrogens with one attached hydrogen (secondary N) is 1. The quantitative estimate of drug-likeness (QED) is 0.753. The molecule has 3 rings (SSSR count). The second-order valence-corrected chi connectivity index (χ2v) is 6.51. The second-order valence-electron chi connectivity index (χ2n) is 5.59. The highest BCUT2D eigenvalue weighted by atomic mass is 79.9. The van der Waals surface area contributed by atoms with Crippen molar-refractivity contribution in [2.45, 2.75) is 25.2 Å². The topological polar surface area (TPSA) is 30.5 Å². The Morgan fingerprint density at radius 3 is 2.57 bits per heavy atom. The van der Waals surface area contributed by atoms with Crippen LogP contribution < -0.4 is 5.32 Å². The summed E-state index contributed by atoms with van der Waals surface area (Å²) in [5, 5.41) is 3.31. The van der Waals surface area contributed by atoms with Crippen molar-refractivity contribution in [2.24, 2.45) is 0 Å². The lowest BCUT2D eigenvalue weighted by Gasteiger charge is -2.18. The van der Waals surface area contributed by atoms with Crippen LogP contribution in [-0.2, 0) is 16.1 Å². The first kappa shape index (κ1) is 16.1. The molecule has 0 bridgehead atoms. The maximum atomic E-state index is 5.84. The average molecular weight is 374 g/mol. The molecule has 3 nitrogen and oxygen atoms in total. The summed E-state index contributed by atoms with van der Waals surface area (Å²) in [5.41, 5.74) is 2.34. The van der Waals surface area contributed by atoms with Crippen LogP contribution in [0.2, 0.25) is 0 Å². The lowest BCUT2D eigenvalue weighted by molar-refractivity contribution is 0.0960. The molecule has 0 radical (unpaired) electrons. The van der Waals surface area contributed by atoms with Gasteiger partial charge in [0.2, 0.25) is 0 Å². The van der Waals surface area contributed by atoms with Crippen molar-refractivity contribution in [1.29, 1.82) is 0 Å². The molecule has 1 aliphatic heterocycles. The Bertz CT molecular complexity index is 642. The van der Waals surface area contributed by atoms with E-state index in [1.165, 1.54) is 5.56 Å². The first-order chi connectivity index (χ1) is 11.2. The minimum absolute atomic E-state index is 0.0177. The van der Waals surface area contributed by atoms with Gasteiger partial charge in [0.05, 0.1) is 12.6 Å². The summed E-state index contributed by atoms with van der Waals surface area (Å²) in [6.07, 6.45) is 0.850. The predicted octanol–water partition coefficient (Wildman–Crippen LogP) is 4.56. The van der Waals surface area contributed by atoms with Crippen LogP contribution in [-0.4, -0.2) is 12.6 Å². The number of rotatable bonds is 6. The maximum absolute atomic E-state index is 5.84. The van der Waals surface area contributed by atoms with E-state index in [1.807, 2.05) is 30.3 Å². The molecular formula is C19H20BrNO2. The molecule has 0 saturated carbocycles. The zero-order valence-electron chi connectivity index (χ0n) is 12.9. The Hall–Kier alpha value is -1.78. The molecule has 1 saturated heterocycles. The molecular weight excluding hydrogens is 354 g/mol. The summed E-state index contributed by atoms with van der Waals surface area (Å²) in [5.74, 6) is 0.631. The van der Waals surface area contributed by atoms with Gasteiger partial charge >= 0.3 is 0 Å². The van der Waals surface area contributed by atoms with Gasteiger partial charge in [-0.05, 0) is 36.3 Å². The summed E-state index contributed by atoms with van der Waals surface area (Å²) >= 11 is 3.46. The molecule has 4 heteroatoms. The molecule has 1 N–H and O–H groups in total. The summed E-state index contributed by atoms with van der Waals surface area (Å²) < 4.78 is 12.7. The van der Waals surface area contributed by atoms with Gasteiger partial charge in [-0.25, -0.2) is 0 Å². The van der Waals surface area contributed by atoms with E-state index in [-0.39, 0.29) is 12.1 Å². The molecule has 1 heterocycles. The third-order valence-corrected chi connectivity index (χ3v) is 4.39. The Labute approximate surface area is 145 Å². The molecule has 120 valence electrons. The molecule has 2 unspecified atom stereocenters. The smallest absolute Gasteiger partial charge is 0.180 e. The van der Waals surface area contributed by atoms with Crippen LogP contribution >= 0.6 is 15.9 Å². The van der Waals surface area contributed by atoms with Gasteiger partial charge in [0.25, 0.3) is 0 Å². The van der Waals surface area contributed by atoms with Crippen LogP contribution in [0.5, 0.6) is 0 Å². The van der Waals surface area contributed by atoms with Gasteiger partial charge in [-0.15, -0.1) is 0 Å². The molecule has 23 heavy (non-hydrogen) atoms. The van der Waals surface area contributed by atoms with Crippen molar-refractivity contribution in [2.75, 3.05) is 6.61 Å². The molecule has 0 amide bonds. The normalized spacial score (nSPS) is 20.1. The molecule has 1 fully saturated rings. The van der Waals surface area contributed by atoms with Crippen LogP contribution in [0.15, 0.2) is 71.5 Å². The van der Waals surface area contributed by atoms with Crippen molar-refractivity contribution in [1.82, 2.24) is 5.32 Å². The Balaban J connectivity index is 1.53. The molecule has 1 aliphatic rings. The number of hydrogen-bond acceptors (Lipinski definition) is 3. The molecule has 0 aromatic heterocycles. The van der Waals surface area contributed by atoms with Gasteiger partial charge in [-0.2, -0.15) is 0 Å². The lowest BCUT2D eigenvalue weighted by atomic mass is 10.0. The highest BCUT2D eigenvalue weighted by molar-refractivity contribution is 9.10. The average Bonchev–Trinajstić information content (AvgIpc) is 2.94. The van der Waals surface area contributed by atoms with Gasteiger partial charge in [0, 0.05) is 11.1 Å². The standard InChI is InChI=1S/C19H20BrNO2/c1-14-21-18(11-12-22-13-15-5-3-2-4-6-15)19(23-14)16-7-9-17(20)10-8-16/h2-10,18-19,21H,1,11-13H2. The minimum atomic E-state index is -0.0177. The third kappa shape index (κ3) is 4.36. The van der Waals surface area contributed by atoms with Crippen LogP contribution in [0.3, 0.4) is 0 Å². The summed E-state index contributed by atoms with van der Waals surface area (Å²) in [4.78, 5) is 0. The van der Waals surface area contributed by atoms with Crippen LogP contribution in [0.4, 0.5) is 0 Å². The second kappa shape index (κ2) is 7.66. The zero-order chi connectivity index (χ0) is 16.1. The predicted molar refractivity (Wildman–Crippen MR) is 94.7 cm³/mol. The van der Waals surface area contributed by atoms with E-state index in [0.29, 0.717) is 19.1 Å². The van der Waals surface area contributed by atoms with Crippen molar-refractivity contribution in [3.63, 3.8) is 0 Å². The number of benzene rings is 2. The van der Waals surface area contributed by atoms with Gasteiger partial charge < -0.3 is 14.8 Å². The fourth-order valence-electron chi connectivity index (χ4n) is 2.70. The first-order valence-electron chi connectivity index (χ1n) is 7.71. The maximum Gasteiger partial charge on any atom is 0.180 e. The number of halogens is 1. The molecule has 2 aromatic carbocycles. The van der Waals surface area contributed by atoms with E-state index in [1.54, 1.807) is 0 Å². The van der Waals surface area contributed by atoms with E-state index in [0.717, 1.165) is 16.5 Å². The van der Waals surface area contributed by atoms with E-state index in [4.69, 9.17) is 9.47 Å². The summed E-state index contributed by atoms with van der Waals surface area (Å²) in [6.45, 7) is 5.20. The SMILES string of the molecule is C=C1NC(CCOCc2ccccc2)C(c2ccc(Br)cc2)O1. The van der Waals surface area contributed by atoms with Gasteiger partial charge in [0.15, 0.2) is 5.88 Å². The van der Waals surface area contributed by atoms with Crippen molar-refractivity contribution in [3.8, 4) is 0 Å². The molecule has 0 aliphatic carbocycles. The molecule has 2 atom stereocenters. The first-order valence-corrected chi connectivity index (χ1v) is 8.51. The van der Waals surface area contributed by atoms with E-state index in [2.05, 4.69) is 52.1 Å². The fourth-order valence-corrected chi connectivity index (χ4v) is 2.97. The van der Waals surface area contributed by atoms with Gasteiger partial charge in [0.1, 0.15) is 6.10 Å². The van der Waals surface area contributed by atoms with Crippen molar-refractivity contribution in [3.05, 3.63) is 82.7 Å². The summed E-state index contributed by atoms with van der Waals surface area (Å²) in [6, 6.07) is 18.6. The van der Waals surface area contributed by atoms with Crippen molar-refractivity contribution < 1.29 is 9.47 Å². The zero-order valence-corrected chi connectivity index (χ0v) is 14.5. The molecule has 2 aromatic rings. The lowest BCUT2D eigenvalue weighted by Crippen LogP contribution is -2.26. The largest absolute Gasteiger partial charge is 0.469 e. The highest BCUT2D eigenvalue weighted by Crippen LogP contribution is 2.31. The van der Waals surface area contributed by atoms with E-state index in [9.17, 15) is 0 Å². The number of hydrogen-bond donors (Lipinski definition) is 1. The van der Waals surface area contributed by atoms with E-state index < -0.39 is 0 Å². The van der Waals surface area contributed by atoms with Crippen LogP contribution in [0.25, 0.3) is 0 Å². The van der Waals surface area contributed by atoms with E-state index >= 15 is 0 Å². The highest BCUT2D eigenvalue weighted by Gasteiger charge is 2.31. The van der Waals surface area contributed by atoms with Crippen molar-refractivity contribution >= 4 is 15.9 Å². The third-order valence-electron chi connectivity index (χ3n) is 3.86. The Morgan fingerprint density at radius 2 is 1.83 bits per heavy atom. The Morgan fingerprint density at radius 1 is 1.09 bits per heavy atom.